The van der Waals surface area contributed by atoms with Gasteiger partial charge in [0.15, 0.2) is 0 Å². The van der Waals surface area contributed by atoms with Crippen molar-refractivity contribution in [1.82, 2.24) is 15.2 Å². The van der Waals surface area contributed by atoms with Crippen LogP contribution in [-0.2, 0) is 6.54 Å². The van der Waals surface area contributed by atoms with Gasteiger partial charge in [-0.3, -0.25) is 4.90 Å². The van der Waals surface area contributed by atoms with E-state index in [0.29, 0.717) is 17.5 Å². The number of halogens is 1. The molecule has 1 fully saturated rings. The molecule has 3 rings (SSSR count). The molecule has 1 N–H and O–H groups in total. The second-order valence-corrected chi connectivity index (χ2v) is 5.48. The molecular formula is C16H20FN3O. The molecule has 2 heterocycles. The maximum absolute atomic E-state index is 13.2. The molecule has 0 saturated carbocycles. The number of oxazole rings is 1. The lowest BCUT2D eigenvalue weighted by atomic mass is 10.2. The molecular weight excluding hydrogens is 269 g/mol. The van der Waals surface area contributed by atoms with Gasteiger partial charge in [0.05, 0.1) is 5.69 Å². The number of nitrogens with zero attached hydrogens (tertiary/aromatic N) is 2. The molecule has 0 aliphatic carbocycles. The molecule has 1 aromatic heterocycles. The zero-order valence-corrected chi connectivity index (χ0v) is 12.2. The number of hydrogen-bond acceptors (Lipinski definition) is 4. The van der Waals surface area contributed by atoms with Gasteiger partial charge in [-0.05, 0) is 44.6 Å². The maximum Gasteiger partial charge on any atom is 0.226 e. The fourth-order valence-corrected chi connectivity index (χ4v) is 2.91. The van der Waals surface area contributed by atoms with Gasteiger partial charge in [0.25, 0.3) is 0 Å². The first-order valence-electron chi connectivity index (χ1n) is 7.35. The Morgan fingerprint density at radius 2 is 2.38 bits per heavy atom. The highest BCUT2D eigenvalue weighted by Gasteiger charge is 2.24. The third kappa shape index (κ3) is 3.31. The van der Waals surface area contributed by atoms with Crippen molar-refractivity contribution in [3.05, 3.63) is 42.0 Å². The minimum absolute atomic E-state index is 0.277. The Morgan fingerprint density at radius 3 is 3.19 bits per heavy atom. The molecule has 1 aromatic carbocycles. The van der Waals surface area contributed by atoms with Gasteiger partial charge in [0.2, 0.25) is 5.89 Å². The summed E-state index contributed by atoms with van der Waals surface area (Å²) < 4.78 is 18.7. The van der Waals surface area contributed by atoms with Gasteiger partial charge < -0.3 is 9.73 Å². The summed E-state index contributed by atoms with van der Waals surface area (Å²) in [4.78, 5) is 6.90. The average Bonchev–Trinajstić information content (AvgIpc) is 3.10. The SMILES string of the molecule is CNCC1CCCN1Cc1coc(-c2cccc(F)c2)n1. The van der Waals surface area contributed by atoms with Gasteiger partial charge in [-0.1, -0.05) is 6.07 Å². The van der Waals surface area contributed by atoms with E-state index in [4.69, 9.17) is 4.42 Å². The summed E-state index contributed by atoms with van der Waals surface area (Å²) in [5.74, 6) is 0.203. The Bertz CT molecular complexity index is 599. The predicted octanol–water partition coefficient (Wildman–Crippen LogP) is 2.66. The van der Waals surface area contributed by atoms with Crippen molar-refractivity contribution in [3.63, 3.8) is 0 Å². The van der Waals surface area contributed by atoms with Gasteiger partial charge in [-0.15, -0.1) is 0 Å². The summed E-state index contributed by atoms with van der Waals surface area (Å²) in [5, 5.41) is 3.24. The lowest BCUT2D eigenvalue weighted by molar-refractivity contribution is 0.239. The Labute approximate surface area is 124 Å². The minimum Gasteiger partial charge on any atom is -0.444 e. The third-order valence-corrected chi connectivity index (χ3v) is 3.93. The van der Waals surface area contributed by atoms with Crippen molar-refractivity contribution in [2.75, 3.05) is 20.1 Å². The zero-order chi connectivity index (χ0) is 14.7. The minimum atomic E-state index is -0.277. The highest BCUT2D eigenvalue weighted by Crippen LogP contribution is 2.23. The lowest BCUT2D eigenvalue weighted by Crippen LogP contribution is -2.36. The van der Waals surface area contributed by atoms with Crippen LogP contribution in [0.4, 0.5) is 4.39 Å². The second-order valence-electron chi connectivity index (χ2n) is 5.48. The Hall–Kier alpha value is -1.72. The first kappa shape index (κ1) is 14.2. The van der Waals surface area contributed by atoms with Gasteiger partial charge in [0, 0.05) is 24.7 Å². The molecule has 112 valence electrons. The van der Waals surface area contributed by atoms with E-state index in [2.05, 4.69) is 15.2 Å². The van der Waals surface area contributed by atoms with Crippen LogP contribution in [0.25, 0.3) is 11.5 Å². The van der Waals surface area contributed by atoms with E-state index < -0.39 is 0 Å². The van der Waals surface area contributed by atoms with Crippen LogP contribution < -0.4 is 5.32 Å². The van der Waals surface area contributed by atoms with Crippen LogP contribution >= 0.6 is 0 Å². The Kier molecular flexibility index (Phi) is 4.31. The molecule has 1 atom stereocenters. The molecule has 1 aliphatic rings. The summed E-state index contributed by atoms with van der Waals surface area (Å²) in [6.45, 7) is 2.87. The molecule has 2 aromatic rings. The van der Waals surface area contributed by atoms with E-state index in [1.807, 2.05) is 7.05 Å². The summed E-state index contributed by atoms with van der Waals surface area (Å²) in [7, 11) is 1.98. The van der Waals surface area contributed by atoms with E-state index in [0.717, 1.165) is 25.3 Å². The topological polar surface area (TPSA) is 41.3 Å². The van der Waals surface area contributed by atoms with Crippen LogP contribution in [0.15, 0.2) is 34.9 Å². The molecule has 21 heavy (non-hydrogen) atoms. The fraction of sp³-hybridized carbons (Fsp3) is 0.438. The van der Waals surface area contributed by atoms with Crippen LogP contribution in [0.2, 0.25) is 0 Å². The normalized spacial score (nSPS) is 19.2. The number of nitrogens with one attached hydrogen (secondary N) is 1. The van der Waals surface area contributed by atoms with Crippen molar-refractivity contribution >= 4 is 0 Å². The number of rotatable bonds is 5. The zero-order valence-electron chi connectivity index (χ0n) is 12.2. The van der Waals surface area contributed by atoms with E-state index in [-0.39, 0.29) is 5.82 Å². The molecule has 4 nitrogen and oxygen atoms in total. The van der Waals surface area contributed by atoms with Crippen LogP contribution in [0.3, 0.4) is 0 Å². The second kappa shape index (κ2) is 6.37. The number of likely N-dealkylation sites (N-methyl/N-ethyl adjacent to an activating group) is 1. The third-order valence-electron chi connectivity index (χ3n) is 3.93. The first-order valence-corrected chi connectivity index (χ1v) is 7.35. The van der Waals surface area contributed by atoms with Crippen molar-refractivity contribution in [2.24, 2.45) is 0 Å². The van der Waals surface area contributed by atoms with E-state index in [1.54, 1.807) is 18.4 Å². The molecule has 0 bridgehead atoms. The van der Waals surface area contributed by atoms with E-state index in [9.17, 15) is 4.39 Å². The monoisotopic (exact) mass is 289 g/mol. The number of hydrogen-bond donors (Lipinski definition) is 1. The molecule has 1 saturated heterocycles. The van der Waals surface area contributed by atoms with Gasteiger partial charge >= 0.3 is 0 Å². The van der Waals surface area contributed by atoms with Gasteiger partial charge in [-0.2, -0.15) is 0 Å². The van der Waals surface area contributed by atoms with Crippen LogP contribution in [0.1, 0.15) is 18.5 Å². The molecule has 1 aliphatic heterocycles. The smallest absolute Gasteiger partial charge is 0.226 e. The summed E-state index contributed by atoms with van der Waals surface area (Å²) in [5.41, 5.74) is 1.58. The standard InChI is InChI=1S/C16H20FN3O/c1-18-9-15-6-3-7-20(15)10-14-11-21-16(19-14)12-4-2-5-13(17)8-12/h2,4-5,8,11,15,18H,3,6-7,9-10H2,1H3. The van der Waals surface area contributed by atoms with E-state index >= 15 is 0 Å². The number of benzene rings is 1. The van der Waals surface area contributed by atoms with Crippen molar-refractivity contribution in [1.29, 1.82) is 0 Å². The quantitative estimate of drug-likeness (QED) is 0.919. The van der Waals surface area contributed by atoms with Gasteiger partial charge in [-0.25, -0.2) is 9.37 Å². The van der Waals surface area contributed by atoms with Crippen molar-refractivity contribution in [2.45, 2.75) is 25.4 Å². The first-order chi connectivity index (χ1) is 10.3. The number of aromatic nitrogens is 1. The maximum atomic E-state index is 13.2. The Balaban J connectivity index is 1.70. The molecule has 0 radical (unpaired) electrons. The average molecular weight is 289 g/mol. The molecule has 5 heteroatoms. The lowest BCUT2D eigenvalue weighted by Gasteiger charge is -2.22. The molecule has 0 amide bonds. The summed E-state index contributed by atoms with van der Waals surface area (Å²) >= 11 is 0. The highest BCUT2D eigenvalue weighted by molar-refractivity contribution is 5.52. The Morgan fingerprint density at radius 1 is 1.48 bits per heavy atom. The van der Waals surface area contributed by atoms with Crippen molar-refractivity contribution < 1.29 is 8.81 Å². The summed E-state index contributed by atoms with van der Waals surface area (Å²) in [6.07, 6.45) is 4.12. The molecule has 1 unspecified atom stereocenters. The van der Waals surface area contributed by atoms with Crippen LogP contribution in [-0.4, -0.2) is 36.1 Å². The summed E-state index contributed by atoms with van der Waals surface area (Å²) in [6, 6.07) is 6.88. The molecule has 0 spiro atoms. The largest absolute Gasteiger partial charge is 0.444 e. The highest BCUT2D eigenvalue weighted by atomic mass is 19.1. The van der Waals surface area contributed by atoms with Crippen molar-refractivity contribution in [3.8, 4) is 11.5 Å². The predicted molar refractivity (Wildman–Crippen MR) is 79.3 cm³/mol. The van der Waals surface area contributed by atoms with E-state index in [1.165, 1.54) is 25.0 Å². The van der Waals surface area contributed by atoms with Crippen LogP contribution in [0.5, 0.6) is 0 Å². The number of likely N-dealkylation sites (tertiary alicyclic amines) is 1. The van der Waals surface area contributed by atoms with Gasteiger partial charge in [0.1, 0.15) is 12.1 Å². The fourth-order valence-electron chi connectivity index (χ4n) is 2.91. The van der Waals surface area contributed by atoms with Crippen LogP contribution in [0, 0.1) is 5.82 Å².